The lowest BCUT2D eigenvalue weighted by Gasteiger charge is -2.14. The molecule has 1 saturated heterocycles. The quantitative estimate of drug-likeness (QED) is 0.811. The average Bonchev–Trinajstić information content (AvgIpc) is 2.86. The van der Waals surface area contributed by atoms with Gasteiger partial charge in [0.25, 0.3) is 0 Å². The number of anilines is 1. The first kappa shape index (κ1) is 15.1. The minimum absolute atomic E-state index is 0.0413. The molecule has 1 aromatic carbocycles. The second kappa shape index (κ2) is 7.46. The van der Waals surface area contributed by atoms with E-state index in [9.17, 15) is 9.59 Å². The minimum atomic E-state index is -0.190. The Labute approximate surface area is 124 Å². The maximum atomic E-state index is 11.8. The van der Waals surface area contributed by atoms with Crippen molar-refractivity contribution in [3.8, 4) is 11.8 Å². The number of carbonyl (C=O) groups excluding carboxylic acids is 2. The Morgan fingerprint density at radius 3 is 2.71 bits per heavy atom. The molecular formula is C16H18N2O3. The molecule has 1 aliphatic heterocycles. The van der Waals surface area contributed by atoms with Crippen molar-refractivity contribution in [1.29, 1.82) is 0 Å². The molecular weight excluding hydrogens is 268 g/mol. The summed E-state index contributed by atoms with van der Waals surface area (Å²) in [5, 5.41) is 11.4. The fourth-order valence-corrected chi connectivity index (χ4v) is 2.10. The Balaban J connectivity index is 1.86. The van der Waals surface area contributed by atoms with E-state index in [1.165, 1.54) is 0 Å². The van der Waals surface area contributed by atoms with Gasteiger partial charge in [-0.2, -0.15) is 0 Å². The predicted octanol–water partition coefficient (Wildman–Crippen LogP) is 0.981. The number of aliphatic hydroxyl groups is 1. The molecule has 1 fully saturated rings. The third-order valence-electron chi connectivity index (χ3n) is 3.14. The van der Waals surface area contributed by atoms with Gasteiger partial charge in [-0.1, -0.05) is 11.8 Å². The number of carbonyl (C=O) groups is 2. The molecule has 0 atom stereocenters. The summed E-state index contributed by atoms with van der Waals surface area (Å²) >= 11 is 0. The van der Waals surface area contributed by atoms with Crippen molar-refractivity contribution in [3.63, 3.8) is 0 Å². The number of nitrogens with one attached hydrogen (secondary N) is 1. The van der Waals surface area contributed by atoms with Gasteiger partial charge in [0.2, 0.25) is 11.8 Å². The van der Waals surface area contributed by atoms with Gasteiger partial charge < -0.3 is 15.3 Å². The zero-order valence-electron chi connectivity index (χ0n) is 11.8. The Morgan fingerprint density at radius 1 is 1.33 bits per heavy atom. The summed E-state index contributed by atoms with van der Waals surface area (Å²) in [5.41, 5.74) is 1.51. The summed E-state index contributed by atoms with van der Waals surface area (Å²) < 4.78 is 0. The first-order valence-corrected chi connectivity index (χ1v) is 6.96. The molecule has 21 heavy (non-hydrogen) atoms. The number of hydrogen-bond acceptors (Lipinski definition) is 3. The van der Waals surface area contributed by atoms with Crippen molar-refractivity contribution in [3.05, 3.63) is 29.8 Å². The van der Waals surface area contributed by atoms with Crippen LogP contribution in [0.25, 0.3) is 0 Å². The van der Waals surface area contributed by atoms with Gasteiger partial charge in [-0.05, 0) is 30.7 Å². The predicted molar refractivity (Wildman–Crippen MR) is 79.5 cm³/mol. The van der Waals surface area contributed by atoms with Gasteiger partial charge in [-0.25, -0.2) is 0 Å². The standard InChI is InChI=1S/C16H18N2O3/c19-11-2-1-4-13-6-8-14(9-7-13)17-15(20)12-18-10-3-5-16(18)21/h6-9,19H,2-3,5,10-12H2,(H,17,20). The maximum Gasteiger partial charge on any atom is 0.243 e. The summed E-state index contributed by atoms with van der Waals surface area (Å²) in [5.74, 6) is 5.60. The van der Waals surface area contributed by atoms with Gasteiger partial charge in [-0.15, -0.1) is 0 Å². The highest BCUT2D eigenvalue weighted by atomic mass is 16.2. The molecule has 0 spiro atoms. The highest BCUT2D eigenvalue weighted by molar-refractivity contribution is 5.94. The molecule has 1 aromatic rings. The number of nitrogens with zero attached hydrogens (tertiary/aromatic N) is 1. The maximum absolute atomic E-state index is 11.8. The van der Waals surface area contributed by atoms with E-state index in [-0.39, 0.29) is 25.0 Å². The number of hydrogen-bond donors (Lipinski definition) is 2. The summed E-state index contributed by atoms with van der Waals surface area (Å²) in [6.07, 6.45) is 1.81. The summed E-state index contributed by atoms with van der Waals surface area (Å²) in [4.78, 5) is 24.9. The SMILES string of the molecule is O=C(CN1CCCC1=O)Nc1ccc(C#CCCO)cc1. The van der Waals surface area contributed by atoms with E-state index in [2.05, 4.69) is 17.2 Å². The van der Waals surface area contributed by atoms with Crippen LogP contribution in [0.3, 0.4) is 0 Å². The van der Waals surface area contributed by atoms with Crippen molar-refractivity contribution >= 4 is 17.5 Å². The molecule has 5 nitrogen and oxygen atoms in total. The van der Waals surface area contributed by atoms with E-state index in [1.54, 1.807) is 29.2 Å². The molecule has 0 aliphatic carbocycles. The van der Waals surface area contributed by atoms with Crippen LogP contribution in [0, 0.1) is 11.8 Å². The number of aliphatic hydroxyl groups excluding tert-OH is 1. The lowest BCUT2D eigenvalue weighted by molar-refractivity contribution is -0.131. The molecule has 0 bridgehead atoms. The van der Waals surface area contributed by atoms with E-state index in [4.69, 9.17) is 5.11 Å². The van der Waals surface area contributed by atoms with E-state index >= 15 is 0 Å². The first-order chi connectivity index (χ1) is 10.2. The second-order valence-corrected chi connectivity index (χ2v) is 4.82. The van der Waals surface area contributed by atoms with Crippen LogP contribution in [-0.2, 0) is 9.59 Å². The van der Waals surface area contributed by atoms with Crippen LogP contribution >= 0.6 is 0 Å². The minimum Gasteiger partial charge on any atom is -0.395 e. The van der Waals surface area contributed by atoms with Crippen molar-refractivity contribution in [2.24, 2.45) is 0 Å². The molecule has 1 heterocycles. The molecule has 110 valence electrons. The van der Waals surface area contributed by atoms with Gasteiger partial charge in [0.15, 0.2) is 0 Å². The second-order valence-electron chi connectivity index (χ2n) is 4.82. The summed E-state index contributed by atoms with van der Waals surface area (Å²) in [6, 6.07) is 7.15. The topological polar surface area (TPSA) is 69.6 Å². The van der Waals surface area contributed by atoms with Crippen LogP contribution in [0.4, 0.5) is 5.69 Å². The fraction of sp³-hybridized carbons (Fsp3) is 0.375. The Bertz CT molecular complexity index is 569. The average molecular weight is 286 g/mol. The van der Waals surface area contributed by atoms with Crippen LogP contribution in [-0.4, -0.2) is 41.5 Å². The normalized spacial score (nSPS) is 13.8. The number of benzene rings is 1. The molecule has 2 N–H and O–H groups in total. The monoisotopic (exact) mass is 286 g/mol. The van der Waals surface area contributed by atoms with Crippen LogP contribution in [0.5, 0.6) is 0 Å². The van der Waals surface area contributed by atoms with Gasteiger partial charge >= 0.3 is 0 Å². The third-order valence-corrected chi connectivity index (χ3v) is 3.14. The van der Waals surface area contributed by atoms with Gasteiger partial charge in [0.1, 0.15) is 0 Å². The lowest BCUT2D eigenvalue weighted by Crippen LogP contribution is -2.33. The Kier molecular flexibility index (Phi) is 5.35. The van der Waals surface area contributed by atoms with E-state index in [0.717, 1.165) is 12.0 Å². The molecule has 0 aromatic heterocycles. The molecule has 0 saturated carbocycles. The Hall–Kier alpha value is -2.32. The van der Waals surface area contributed by atoms with Crippen molar-refractivity contribution in [1.82, 2.24) is 4.90 Å². The van der Waals surface area contributed by atoms with E-state index in [0.29, 0.717) is 25.1 Å². The summed E-state index contributed by atoms with van der Waals surface area (Å²) in [7, 11) is 0. The van der Waals surface area contributed by atoms with Gasteiger partial charge in [0.05, 0.1) is 13.2 Å². The van der Waals surface area contributed by atoms with Crippen molar-refractivity contribution < 1.29 is 14.7 Å². The largest absolute Gasteiger partial charge is 0.395 e. The van der Waals surface area contributed by atoms with Crippen LogP contribution in [0.1, 0.15) is 24.8 Å². The molecule has 0 radical (unpaired) electrons. The van der Waals surface area contributed by atoms with Crippen LogP contribution in [0.2, 0.25) is 0 Å². The van der Waals surface area contributed by atoms with Gasteiger partial charge in [0, 0.05) is 30.6 Å². The molecule has 2 amide bonds. The number of rotatable bonds is 4. The lowest BCUT2D eigenvalue weighted by atomic mass is 10.2. The molecule has 1 aliphatic rings. The van der Waals surface area contributed by atoms with E-state index < -0.39 is 0 Å². The highest BCUT2D eigenvalue weighted by Gasteiger charge is 2.22. The molecule has 5 heteroatoms. The number of amides is 2. The van der Waals surface area contributed by atoms with E-state index in [1.807, 2.05) is 0 Å². The Morgan fingerprint density at radius 2 is 2.10 bits per heavy atom. The highest BCUT2D eigenvalue weighted by Crippen LogP contribution is 2.11. The zero-order chi connectivity index (χ0) is 15.1. The zero-order valence-corrected chi connectivity index (χ0v) is 11.8. The van der Waals surface area contributed by atoms with Crippen LogP contribution < -0.4 is 5.32 Å². The number of likely N-dealkylation sites (tertiary alicyclic amines) is 1. The van der Waals surface area contributed by atoms with Gasteiger partial charge in [-0.3, -0.25) is 9.59 Å². The third kappa shape index (κ3) is 4.62. The summed E-state index contributed by atoms with van der Waals surface area (Å²) in [6.45, 7) is 0.818. The molecule has 0 unspecified atom stereocenters. The molecule has 2 rings (SSSR count). The smallest absolute Gasteiger partial charge is 0.243 e. The first-order valence-electron chi connectivity index (χ1n) is 6.96. The van der Waals surface area contributed by atoms with Crippen LogP contribution in [0.15, 0.2) is 24.3 Å². The van der Waals surface area contributed by atoms with Crippen molar-refractivity contribution in [2.45, 2.75) is 19.3 Å². The fourth-order valence-electron chi connectivity index (χ4n) is 2.10. The van der Waals surface area contributed by atoms with Crippen molar-refractivity contribution in [2.75, 3.05) is 25.0 Å².